The van der Waals surface area contributed by atoms with Crippen LogP contribution in [0.3, 0.4) is 0 Å². The molecule has 0 aromatic heterocycles. The number of hydrogen-bond acceptors (Lipinski definition) is 5. The van der Waals surface area contributed by atoms with E-state index >= 15 is 0 Å². The van der Waals surface area contributed by atoms with E-state index in [1.54, 1.807) is 41.3 Å². The molecular formula is C30H22ClFN2O3S. The maximum atomic E-state index is 14.1. The summed E-state index contributed by atoms with van der Waals surface area (Å²) in [5.41, 5.74) is 2.49. The summed E-state index contributed by atoms with van der Waals surface area (Å²) in [4.78, 5) is 20.4. The van der Waals surface area contributed by atoms with E-state index in [9.17, 15) is 9.18 Å². The number of para-hydroxylation sites is 2. The highest BCUT2D eigenvalue weighted by Gasteiger charge is 2.34. The van der Waals surface area contributed by atoms with Crippen molar-refractivity contribution in [2.45, 2.75) is 6.61 Å². The number of carbonyl (C=O) groups excluding carboxylic acids is 1. The van der Waals surface area contributed by atoms with Gasteiger partial charge in [-0.2, -0.15) is 0 Å². The van der Waals surface area contributed by atoms with Crippen LogP contribution in [0.4, 0.5) is 15.8 Å². The molecule has 5 nitrogen and oxygen atoms in total. The van der Waals surface area contributed by atoms with E-state index in [0.717, 1.165) is 16.9 Å². The van der Waals surface area contributed by atoms with Gasteiger partial charge in [0.05, 0.1) is 28.4 Å². The summed E-state index contributed by atoms with van der Waals surface area (Å²) in [5.74, 6) is 0.256. The molecule has 38 heavy (non-hydrogen) atoms. The average molecular weight is 545 g/mol. The van der Waals surface area contributed by atoms with Crippen LogP contribution in [0.1, 0.15) is 11.1 Å². The molecule has 4 aromatic carbocycles. The van der Waals surface area contributed by atoms with Gasteiger partial charge in [-0.15, -0.1) is 0 Å². The highest BCUT2D eigenvalue weighted by Crippen LogP contribution is 2.38. The Morgan fingerprint density at radius 3 is 2.39 bits per heavy atom. The molecule has 1 aliphatic rings. The van der Waals surface area contributed by atoms with E-state index in [0.29, 0.717) is 21.6 Å². The number of aliphatic imine (C=N–C) groups is 1. The fourth-order valence-corrected chi connectivity index (χ4v) is 5.05. The van der Waals surface area contributed by atoms with Gasteiger partial charge in [0.1, 0.15) is 12.4 Å². The van der Waals surface area contributed by atoms with Gasteiger partial charge in [-0.25, -0.2) is 9.38 Å². The second kappa shape index (κ2) is 11.5. The summed E-state index contributed by atoms with van der Waals surface area (Å²) in [7, 11) is 1.52. The predicted octanol–water partition coefficient (Wildman–Crippen LogP) is 7.88. The number of halogens is 2. The number of rotatable bonds is 7. The van der Waals surface area contributed by atoms with Gasteiger partial charge in [-0.05, 0) is 71.9 Å². The van der Waals surface area contributed by atoms with Crippen LogP contribution >= 0.6 is 23.4 Å². The molecule has 1 heterocycles. The Morgan fingerprint density at radius 2 is 1.68 bits per heavy atom. The van der Waals surface area contributed by atoms with Gasteiger partial charge < -0.3 is 9.47 Å². The monoisotopic (exact) mass is 544 g/mol. The topological polar surface area (TPSA) is 51.1 Å². The molecule has 1 fully saturated rings. The van der Waals surface area contributed by atoms with Crippen molar-refractivity contribution < 1.29 is 18.7 Å². The zero-order chi connectivity index (χ0) is 26.5. The minimum absolute atomic E-state index is 0.0536. The fourth-order valence-electron chi connectivity index (χ4n) is 3.83. The van der Waals surface area contributed by atoms with E-state index in [-0.39, 0.29) is 23.1 Å². The highest BCUT2D eigenvalue weighted by atomic mass is 35.5. The fraction of sp³-hybridized carbons (Fsp3) is 0.0667. The lowest BCUT2D eigenvalue weighted by Crippen LogP contribution is -2.28. The first-order valence-electron chi connectivity index (χ1n) is 11.7. The molecule has 1 aliphatic heterocycles. The minimum atomic E-state index is -0.439. The number of amidine groups is 1. The summed E-state index contributed by atoms with van der Waals surface area (Å²) in [6.45, 7) is -0.0536. The SMILES string of the molecule is COc1cc(/C=C2\SC(=Nc3ccccc3)N(c3ccccc3)C2=O)ccc1OCc1c(F)cccc1Cl. The van der Waals surface area contributed by atoms with Crippen LogP contribution < -0.4 is 14.4 Å². The van der Waals surface area contributed by atoms with Crippen LogP contribution in [-0.4, -0.2) is 18.2 Å². The number of amides is 1. The Balaban J connectivity index is 1.43. The second-order valence-electron chi connectivity index (χ2n) is 8.22. The third-order valence-corrected chi connectivity index (χ3v) is 7.04. The van der Waals surface area contributed by atoms with E-state index in [4.69, 9.17) is 26.1 Å². The molecule has 1 amide bonds. The van der Waals surface area contributed by atoms with Crippen LogP contribution in [0.25, 0.3) is 6.08 Å². The molecule has 4 aromatic rings. The standard InChI is InChI=1S/C30H22ClFN2O3S/c1-36-27-17-20(15-16-26(27)37-19-23-24(31)13-8-14-25(23)32)18-28-29(35)34(22-11-6-3-7-12-22)30(38-28)33-21-9-4-2-5-10-21/h2-18H,19H2,1H3/b28-18-,33-30?. The number of ether oxygens (including phenoxy) is 2. The molecule has 0 aliphatic carbocycles. The lowest BCUT2D eigenvalue weighted by Gasteiger charge is -2.15. The van der Waals surface area contributed by atoms with Crippen molar-refractivity contribution in [2.75, 3.05) is 12.0 Å². The Labute approximate surface area is 229 Å². The summed E-state index contributed by atoms with van der Waals surface area (Å²) in [6.07, 6.45) is 1.79. The van der Waals surface area contributed by atoms with Gasteiger partial charge in [0.2, 0.25) is 0 Å². The largest absolute Gasteiger partial charge is 0.493 e. The molecule has 0 N–H and O–H groups in total. The van der Waals surface area contributed by atoms with Crippen LogP contribution in [0.2, 0.25) is 5.02 Å². The Bertz CT molecular complexity index is 1510. The molecule has 0 unspecified atom stereocenters. The third kappa shape index (κ3) is 5.59. The van der Waals surface area contributed by atoms with Crippen LogP contribution in [0.15, 0.2) is 107 Å². The van der Waals surface area contributed by atoms with Crippen molar-refractivity contribution in [1.29, 1.82) is 0 Å². The number of carbonyl (C=O) groups is 1. The Morgan fingerprint density at radius 1 is 0.947 bits per heavy atom. The minimum Gasteiger partial charge on any atom is -0.493 e. The van der Waals surface area contributed by atoms with Crippen molar-refractivity contribution in [3.8, 4) is 11.5 Å². The maximum Gasteiger partial charge on any atom is 0.271 e. The van der Waals surface area contributed by atoms with E-state index in [2.05, 4.69) is 0 Å². The highest BCUT2D eigenvalue weighted by molar-refractivity contribution is 8.19. The Hall–Kier alpha value is -4.07. The molecule has 0 atom stereocenters. The zero-order valence-electron chi connectivity index (χ0n) is 20.3. The molecule has 0 spiro atoms. The molecule has 1 saturated heterocycles. The number of methoxy groups -OCH3 is 1. The van der Waals surface area contributed by atoms with E-state index < -0.39 is 5.82 Å². The van der Waals surface area contributed by atoms with Gasteiger partial charge in [-0.1, -0.05) is 60.1 Å². The zero-order valence-corrected chi connectivity index (χ0v) is 21.9. The molecule has 190 valence electrons. The van der Waals surface area contributed by atoms with Gasteiger partial charge in [-0.3, -0.25) is 9.69 Å². The predicted molar refractivity (Wildman–Crippen MR) is 152 cm³/mol. The molecular weight excluding hydrogens is 523 g/mol. The third-order valence-electron chi connectivity index (χ3n) is 5.72. The maximum absolute atomic E-state index is 14.1. The molecule has 0 bridgehead atoms. The van der Waals surface area contributed by atoms with Crippen molar-refractivity contribution >= 4 is 51.9 Å². The van der Waals surface area contributed by atoms with Crippen molar-refractivity contribution in [2.24, 2.45) is 4.99 Å². The quantitative estimate of drug-likeness (QED) is 0.222. The average Bonchev–Trinajstić information content (AvgIpc) is 3.23. The van der Waals surface area contributed by atoms with Crippen molar-refractivity contribution in [3.63, 3.8) is 0 Å². The van der Waals surface area contributed by atoms with Gasteiger partial charge in [0, 0.05) is 5.56 Å². The molecule has 8 heteroatoms. The summed E-state index contributed by atoms with van der Waals surface area (Å²) < 4.78 is 25.5. The van der Waals surface area contributed by atoms with E-state index in [1.807, 2.05) is 60.7 Å². The van der Waals surface area contributed by atoms with Crippen LogP contribution in [0, 0.1) is 5.82 Å². The van der Waals surface area contributed by atoms with Crippen molar-refractivity contribution in [1.82, 2.24) is 0 Å². The smallest absolute Gasteiger partial charge is 0.271 e. The second-order valence-corrected chi connectivity index (χ2v) is 9.63. The summed E-state index contributed by atoms with van der Waals surface area (Å²) >= 11 is 7.41. The molecule has 0 radical (unpaired) electrons. The summed E-state index contributed by atoms with van der Waals surface area (Å²) in [5, 5.41) is 0.852. The van der Waals surface area contributed by atoms with Crippen LogP contribution in [-0.2, 0) is 11.4 Å². The number of anilines is 1. The van der Waals surface area contributed by atoms with Gasteiger partial charge in [0.25, 0.3) is 5.91 Å². The van der Waals surface area contributed by atoms with Gasteiger partial charge >= 0.3 is 0 Å². The first-order chi connectivity index (χ1) is 18.5. The molecule has 5 rings (SSSR count). The van der Waals surface area contributed by atoms with E-state index in [1.165, 1.54) is 24.9 Å². The number of benzene rings is 4. The number of hydrogen-bond donors (Lipinski definition) is 0. The lowest BCUT2D eigenvalue weighted by atomic mass is 10.1. The number of nitrogens with zero attached hydrogens (tertiary/aromatic N) is 2. The lowest BCUT2D eigenvalue weighted by molar-refractivity contribution is -0.113. The summed E-state index contributed by atoms with van der Waals surface area (Å²) in [6, 6.07) is 28.7. The first-order valence-corrected chi connectivity index (χ1v) is 12.9. The molecule has 0 saturated carbocycles. The van der Waals surface area contributed by atoms with Crippen molar-refractivity contribution in [3.05, 3.63) is 124 Å². The first kappa shape index (κ1) is 25.6. The Kier molecular flexibility index (Phi) is 7.77. The van der Waals surface area contributed by atoms with Gasteiger partial charge in [0.15, 0.2) is 16.7 Å². The number of thioether (sulfide) groups is 1. The van der Waals surface area contributed by atoms with Crippen LogP contribution in [0.5, 0.6) is 11.5 Å². The normalized spacial score (nSPS) is 15.3.